The van der Waals surface area contributed by atoms with Gasteiger partial charge in [-0.05, 0) is 48.7 Å². The Balaban J connectivity index is 2.17. The number of benzene rings is 2. The summed E-state index contributed by atoms with van der Waals surface area (Å²) in [5.41, 5.74) is 5.50. The third-order valence-electron chi connectivity index (χ3n) is 3.15. The van der Waals surface area contributed by atoms with E-state index in [-0.39, 0.29) is 11.4 Å². The summed E-state index contributed by atoms with van der Waals surface area (Å²) in [6.45, 7) is 4.28. The molecule has 0 unspecified atom stereocenters. The Morgan fingerprint density at radius 1 is 1.24 bits per heavy atom. The van der Waals surface area contributed by atoms with Crippen LogP contribution in [-0.2, 0) is 6.61 Å². The molecule has 3 N–H and O–H groups in total. The summed E-state index contributed by atoms with van der Waals surface area (Å²) in [6, 6.07) is 10.7. The Hall–Kier alpha value is -2.60. The maximum absolute atomic E-state index is 10.8. The molecule has 0 spiro atoms. The molecule has 0 saturated carbocycles. The number of rotatable bonds is 5. The first kappa shape index (κ1) is 14.8. The predicted molar refractivity (Wildman–Crippen MR) is 81.2 cm³/mol. The summed E-state index contributed by atoms with van der Waals surface area (Å²) in [6.07, 6.45) is 0. The van der Waals surface area contributed by atoms with Crippen LogP contribution in [0.5, 0.6) is 5.75 Å². The highest BCUT2D eigenvalue weighted by Gasteiger charge is 2.13. The number of hydrogen-bond donors (Lipinski definition) is 2. The average Bonchev–Trinajstić information content (AvgIpc) is 2.47. The number of nitro benzene ring substituents is 1. The van der Waals surface area contributed by atoms with E-state index in [0.29, 0.717) is 6.61 Å². The number of ether oxygens (including phenoxy) is 1. The molecule has 0 atom stereocenters. The zero-order valence-corrected chi connectivity index (χ0v) is 11.9. The fourth-order valence-electron chi connectivity index (χ4n) is 1.97. The van der Waals surface area contributed by atoms with Gasteiger partial charge in [-0.1, -0.05) is 12.1 Å². The van der Waals surface area contributed by atoms with E-state index in [2.05, 4.69) is 5.43 Å². The topological polar surface area (TPSA) is 90.4 Å². The average molecular weight is 287 g/mol. The highest BCUT2D eigenvalue weighted by atomic mass is 16.6. The van der Waals surface area contributed by atoms with Crippen LogP contribution < -0.4 is 16.0 Å². The van der Waals surface area contributed by atoms with Crippen LogP contribution in [0.3, 0.4) is 0 Å². The van der Waals surface area contributed by atoms with Crippen LogP contribution in [0, 0.1) is 24.0 Å². The Morgan fingerprint density at radius 2 is 2.00 bits per heavy atom. The number of nitrogens with two attached hydrogens (primary N) is 1. The molecule has 0 radical (unpaired) electrons. The van der Waals surface area contributed by atoms with Gasteiger partial charge in [0, 0.05) is 6.07 Å². The van der Waals surface area contributed by atoms with Crippen molar-refractivity contribution in [1.82, 2.24) is 0 Å². The van der Waals surface area contributed by atoms with Gasteiger partial charge in [0.15, 0.2) is 0 Å². The molecule has 0 aliphatic rings. The Labute approximate surface area is 122 Å². The monoisotopic (exact) mass is 287 g/mol. The van der Waals surface area contributed by atoms with E-state index in [4.69, 9.17) is 10.6 Å². The molecular weight excluding hydrogens is 270 g/mol. The van der Waals surface area contributed by atoms with Crippen molar-refractivity contribution >= 4 is 11.4 Å². The number of nitrogen functional groups attached to an aromatic ring is 1. The van der Waals surface area contributed by atoms with Crippen molar-refractivity contribution in [3.8, 4) is 5.75 Å². The number of aryl methyl sites for hydroxylation is 2. The van der Waals surface area contributed by atoms with Crippen molar-refractivity contribution < 1.29 is 9.66 Å². The van der Waals surface area contributed by atoms with Crippen molar-refractivity contribution in [2.24, 2.45) is 5.84 Å². The van der Waals surface area contributed by atoms with Crippen molar-refractivity contribution in [1.29, 1.82) is 0 Å². The summed E-state index contributed by atoms with van der Waals surface area (Å²) in [5.74, 6) is 6.11. The Bertz CT molecular complexity index is 671. The van der Waals surface area contributed by atoms with Gasteiger partial charge in [-0.15, -0.1) is 0 Å². The standard InChI is InChI=1S/C15H17N3O3/c1-10-3-4-11(2)15(7-10)21-9-12-5-6-14(18(19)20)13(8-12)17-16/h3-8,17H,9,16H2,1-2H3. The number of hydrazine groups is 1. The van der Waals surface area contributed by atoms with E-state index >= 15 is 0 Å². The minimum absolute atomic E-state index is 0.0620. The maximum Gasteiger partial charge on any atom is 0.293 e. The molecular formula is C15H17N3O3. The van der Waals surface area contributed by atoms with Gasteiger partial charge in [-0.2, -0.15) is 0 Å². The molecule has 0 bridgehead atoms. The first-order valence-corrected chi connectivity index (χ1v) is 6.45. The summed E-state index contributed by atoms with van der Waals surface area (Å²) < 4.78 is 5.77. The second-order valence-electron chi connectivity index (χ2n) is 4.81. The summed E-state index contributed by atoms with van der Waals surface area (Å²) in [4.78, 5) is 10.4. The van der Waals surface area contributed by atoms with E-state index in [1.54, 1.807) is 12.1 Å². The number of nitrogens with one attached hydrogen (secondary N) is 1. The number of hydrogen-bond acceptors (Lipinski definition) is 5. The molecule has 2 aromatic rings. The predicted octanol–water partition coefficient (Wildman–Crippen LogP) is 3.08. The molecule has 0 saturated heterocycles. The fraction of sp³-hybridized carbons (Fsp3) is 0.200. The number of nitrogens with zero attached hydrogens (tertiary/aromatic N) is 1. The molecule has 0 aromatic heterocycles. The highest BCUT2D eigenvalue weighted by molar-refractivity contribution is 5.62. The molecule has 110 valence electrons. The first-order chi connectivity index (χ1) is 10.0. The van der Waals surface area contributed by atoms with Crippen LogP contribution >= 0.6 is 0 Å². The molecule has 0 heterocycles. The van der Waals surface area contributed by atoms with Gasteiger partial charge in [0.05, 0.1) is 4.92 Å². The zero-order valence-electron chi connectivity index (χ0n) is 11.9. The normalized spacial score (nSPS) is 10.2. The van der Waals surface area contributed by atoms with Gasteiger partial charge in [-0.3, -0.25) is 16.0 Å². The van der Waals surface area contributed by atoms with E-state index < -0.39 is 4.92 Å². The van der Waals surface area contributed by atoms with Crippen molar-refractivity contribution in [3.63, 3.8) is 0 Å². The third kappa shape index (κ3) is 3.49. The summed E-state index contributed by atoms with van der Waals surface area (Å²) in [5, 5.41) is 10.8. The van der Waals surface area contributed by atoms with Gasteiger partial charge in [0.2, 0.25) is 0 Å². The summed E-state index contributed by atoms with van der Waals surface area (Å²) in [7, 11) is 0. The number of anilines is 1. The Kier molecular flexibility index (Phi) is 4.39. The van der Waals surface area contributed by atoms with Gasteiger partial charge in [-0.25, -0.2) is 0 Å². The lowest BCUT2D eigenvalue weighted by molar-refractivity contribution is -0.384. The van der Waals surface area contributed by atoms with Crippen LogP contribution in [0.2, 0.25) is 0 Å². The van der Waals surface area contributed by atoms with E-state index in [9.17, 15) is 10.1 Å². The minimum atomic E-state index is -0.482. The SMILES string of the molecule is Cc1ccc(C)c(OCc2ccc([N+](=O)[O-])c(NN)c2)c1. The van der Waals surface area contributed by atoms with Crippen LogP contribution in [0.1, 0.15) is 16.7 Å². The molecule has 21 heavy (non-hydrogen) atoms. The van der Waals surface area contributed by atoms with Gasteiger partial charge >= 0.3 is 0 Å². The second kappa shape index (κ2) is 6.23. The molecule has 2 rings (SSSR count). The third-order valence-corrected chi connectivity index (χ3v) is 3.15. The largest absolute Gasteiger partial charge is 0.489 e. The van der Waals surface area contributed by atoms with Gasteiger partial charge in [0.25, 0.3) is 5.69 Å². The fourth-order valence-corrected chi connectivity index (χ4v) is 1.97. The summed E-state index contributed by atoms with van der Waals surface area (Å²) >= 11 is 0. The smallest absolute Gasteiger partial charge is 0.293 e. The lowest BCUT2D eigenvalue weighted by Crippen LogP contribution is -2.10. The lowest BCUT2D eigenvalue weighted by atomic mass is 10.1. The van der Waals surface area contributed by atoms with Crippen LogP contribution in [0.4, 0.5) is 11.4 Å². The molecule has 0 fully saturated rings. The van der Waals surface area contributed by atoms with Crippen LogP contribution in [-0.4, -0.2) is 4.92 Å². The van der Waals surface area contributed by atoms with Gasteiger partial charge < -0.3 is 10.2 Å². The Morgan fingerprint density at radius 3 is 2.67 bits per heavy atom. The molecule has 6 heteroatoms. The van der Waals surface area contributed by atoms with Crippen molar-refractivity contribution in [2.45, 2.75) is 20.5 Å². The number of nitro groups is 1. The maximum atomic E-state index is 10.8. The highest BCUT2D eigenvalue weighted by Crippen LogP contribution is 2.26. The van der Waals surface area contributed by atoms with Gasteiger partial charge in [0.1, 0.15) is 18.0 Å². The molecule has 0 aliphatic heterocycles. The molecule has 0 aliphatic carbocycles. The van der Waals surface area contributed by atoms with Crippen LogP contribution in [0.15, 0.2) is 36.4 Å². The molecule has 0 amide bonds. The minimum Gasteiger partial charge on any atom is -0.489 e. The van der Waals surface area contributed by atoms with E-state index in [1.165, 1.54) is 6.07 Å². The van der Waals surface area contributed by atoms with Crippen molar-refractivity contribution in [2.75, 3.05) is 5.43 Å². The first-order valence-electron chi connectivity index (χ1n) is 6.45. The zero-order chi connectivity index (χ0) is 15.4. The molecule has 2 aromatic carbocycles. The second-order valence-corrected chi connectivity index (χ2v) is 4.81. The van der Waals surface area contributed by atoms with E-state index in [0.717, 1.165) is 22.4 Å². The quantitative estimate of drug-likeness (QED) is 0.501. The lowest BCUT2D eigenvalue weighted by Gasteiger charge is -2.11. The van der Waals surface area contributed by atoms with E-state index in [1.807, 2.05) is 32.0 Å². The van der Waals surface area contributed by atoms with Crippen molar-refractivity contribution in [3.05, 3.63) is 63.2 Å². The van der Waals surface area contributed by atoms with Crippen LogP contribution in [0.25, 0.3) is 0 Å². The molecule has 6 nitrogen and oxygen atoms in total.